The van der Waals surface area contributed by atoms with Gasteiger partial charge in [-0.25, -0.2) is 0 Å². The van der Waals surface area contributed by atoms with Crippen molar-refractivity contribution in [1.82, 2.24) is 0 Å². The molecule has 0 fully saturated rings. The van der Waals surface area contributed by atoms with Crippen LogP contribution in [-0.4, -0.2) is 0 Å². The van der Waals surface area contributed by atoms with Crippen molar-refractivity contribution in [3.8, 4) is 0 Å². The van der Waals surface area contributed by atoms with Crippen LogP contribution in [-0.2, 0) is 0 Å². The van der Waals surface area contributed by atoms with Crippen LogP contribution in [0.15, 0.2) is 24.3 Å². The van der Waals surface area contributed by atoms with E-state index in [4.69, 9.17) is 0 Å². The summed E-state index contributed by atoms with van der Waals surface area (Å²) in [5, 5.41) is 0. The largest absolute Gasteiger partial charge is 0.0845 e. The Morgan fingerprint density at radius 2 is 1.56 bits per heavy atom. The molecule has 0 aliphatic heterocycles. The van der Waals surface area contributed by atoms with E-state index >= 15 is 0 Å². The van der Waals surface area contributed by atoms with Crippen molar-refractivity contribution in [3.05, 3.63) is 24.3 Å². The van der Waals surface area contributed by atoms with E-state index < -0.39 is 0 Å². The molecule has 0 saturated carbocycles. The molecule has 0 saturated heterocycles. The molecule has 0 bridgehead atoms. The van der Waals surface area contributed by atoms with Gasteiger partial charge in [0.2, 0.25) is 0 Å². The van der Waals surface area contributed by atoms with Gasteiger partial charge in [-0.2, -0.15) is 0 Å². The summed E-state index contributed by atoms with van der Waals surface area (Å²) >= 11 is 0. The van der Waals surface area contributed by atoms with Gasteiger partial charge in [0.25, 0.3) is 0 Å². The van der Waals surface area contributed by atoms with Crippen LogP contribution in [0.3, 0.4) is 0 Å². The molecular weight excluding hydrogens is 192 g/mol. The highest BCUT2D eigenvalue weighted by Crippen LogP contribution is 2.14. The maximum absolute atomic E-state index is 2.32. The molecule has 0 amide bonds. The number of rotatable bonds is 9. The zero-order valence-electron chi connectivity index (χ0n) is 11.7. The predicted molar refractivity (Wildman–Crippen MR) is 75.7 cm³/mol. The lowest BCUT2D eigenvalue weighted by molar-refractivity contribution is 0.424. The quantitative estimate of drug-likeness (QED) is 0.344. The Balaban J connectivity index is 3.41. The monoisotopic (exact) mass is 222 g/mol. The zero-order chi connectivity index (χ0) is 12.2. The Morgan fingerprint density at radius 3 is 2.19 bits per heavy atom. The van der Waals surface area contributed by atoms with Crippen LogP contribution in [0.2, 0.25) is 0 Å². The topological polar surface area (TPSA) is 0 Å². The van der Waals surface area contributed by atoms with E-state index in [9.17, 15) is 0 Å². The first-order chi connectivity index (χ1) is 7.68. The molecule has 16 heavy (non-hydrogen) atoms. The van der Waals surface area contributed by atoms with Crippen molar-refractivity contribution in [2.24, 2.45) is 11.8 Å². The molecule has 0 rings (SSSR count). The van der Waals surface area contributed by atoms with Crippen LogP contribution in [0.4, 0.5) is 0 Å². The van der Waals surface area contributed by atoms with Crippen molar-refractivity contribution < 1.29 is 0 Å². The van der Waals surface area contributed by atoms with Crippen LogP contribution in [0.1, 0.15) is 66.2 Å². The fraction of sp³-hybridized carbons (Fsp3) is 0.750. The van der Waals surface area contributed by atoms with E-state index in [1.807, 2.05) is 0 Å². The molecule has 0 unspecified atom stereocenters. The van der Waals surface area contributed by atoms with Gasteiger partial charge in [0.05, 0.1) is 0 Å². The Labute approximate surface area is 103 Å². The summed E-state index contributed by atoms with van der Waals surface area (Å²) in [6.45, 7) is 9.17. The summed E-state index contributed by atoms with van der Waals surface area (Å²) in [5.74, 6) is 1.59. The average Bonchev–Trinajstić information content (AvgIpc) is 2.26. The molecule has 0 heterocycles. The SMILES string of the molecule is CCCCCC/C=C/C=C/C[C@@H](C)C(C)C. The fourth-order valence-electron chi connectivity index (χ4n) is 1.51. The van der Waals surface area contributed by atoms with Gasteiger partial charge in [-0.15, -0.1) is 0 Å². The van der Waals surface area contributed by atoms with Crippen LogP contribution in [0.25, 0.3) is 0 Å². The minimum absolute atomic E-state index is 0.794. The van der Waals surface area contributed by atoms with E-state index in [1.54, 1.807) is 0 Å². The second kappa shape index (κ2) is 11.0. The first kappa shape index (κ1) is 15.5. The van der Waals surface area contributed by atoms with E-state index in [0.717, 1.165) is 11.8 Å². The van der Waals surface area contributed by atoms with E-state index in [0.29, 0.717) is 0 Å². The predicted octanol–water partition coefficient (Wildman–Crippen LogP) is 5.75. The Bertz CT molecular complexity index is 186. The molecule has 1 atom stereocenters. The van der Waals surface area contributed by atoms with Gasteiger partial charge in [-0.3, -0.25) is 0 Å². The van der Waals surface area contributed by atoms with Crippen LogP contribution in [0, 0.1) is 11.8 Å². The maximum Gasteiger partial charge on any atom is -0.0319 e. The Morgan fingerprint density at radius 1 is 0.875 bits per heavy atom. The molecule has 0 aromatic rings. The summed E-state index contributed by atoms with van der Waals surface area (Å²) in [5.41, 5.74) is 0. The molecule has 0 nitrogen and oxygen atoms in total. The summed E-state index contributed by atoms with van der Waals surface area (Å²) in [4.78, 5) is 0. The van der Waals surface area contributed by atoms with Gasteiger partial charge in [-0.1, -0.05) is 71.3 Å². The van der Waals surface area contributed by atoms with E-state index in [-0.39, 0.29) is 0 Å². The molecule has 0 aliphatic carbocycles. The molecule has 0 aliphatic rings. The molecular formula is C16H30. The minimum atomic E-state index is 0.794. The van der Waals surface area contributed by atoms with E-state index in [2.05, 4.69) is 52.0 Å². The molecule has 0 N–H and O–H groups in total. The molecule has 0 aromatic carbocycles. The normalized spacial score (nSPS) is 14.3. The summed E-state index contributed by atoms with van der Waals surface area (Å²) in [6, 6.07) is 0. The second-order valence-corrected chi connectivity index (χ2v) is 5.16. The highest BCUT2D eigenvalue weighted by Gasteiger charge is 2.02. The van der Waals surface area contributed by atoms with Crippen molar-refractivity contribution >= 4 is 0 Å². The maximum atomic E-state index is 2.32. The molecule has 0 aromatic heterocycles. The van der Waals surface area contributed by atoms with Gasteiger partial charge in [0.1, 0.15) is 0 Å². The molecule has 0 radical (unpaired) electrons. The van der Waals surface area contributed by atoms with Crippen LogP contribution >= 0.6 is 0 Å². The number of unbranched alkanes of at least 4 members (excludes halogenated alkanes) is 4. The first-order valence-electron chi connectivity index (χ1n) is 7.00. The lowest BCUT2D eigenvalue weighted by Gasteiger charge is -2.11. The standard InChI is InChI=1S/C16H30/c1-5-6-7-8-9-10-11-12-13-14-16(4)15(2)3/h10-13,15-16H,5-9,14H2,1-4H3/b11-10+,13-12+/t16-/m1/s1. The van der Waals surface area contributed by atoms with Crippen molar-refractivity contribution in [2.75, 3.05) is 0 Å². The van der Waals surface area contributed by atoms with Crippen LogP contribution < -0.4 is 0 Å². The molecule has 0 spiro atoms. The molecule has 0 heteroatoms. The second-order valence-electron chi connectivity index (χ2n) is 5.16. The van der Waals surface area contributed by atoms with Gasteiger partial charge in [0.15, 0.2) is 0 Å². The van der Waals surface area contributed by atoms with Gasteiger partial charge in [0, 0.05) is 0 Å². The van der Waals surface area contributed by atoms with Crippen molar-refractivity contribution in [1.29, 1.82) is 0 Å². The minimum Gasteiger partial charge on any atom is -0.0845 e. The number of hydrogen-bond acceptors (Lipinski definition) is 0. The van der Waals surface area contributed by atoms with E-state index in [1.165, 1.54) is 38.5 Å². The highest BCUT2D eigenvalue weighted by molar-refractivity contribution is 5.02. The number of hydrogen-bond donors (Lipinski definition) is 0. The van der Waals surface area contributed by atoms with Gasteiger partial charge < -0.3 is 0 Å². The van der Waals surface area contributed by atoms with Crippen molar-refractivity contribution in [3.63, 3.8) is 0 Å². The van der Waals surface area contributed by atoms with Gasteiger partial charge >= 0.3 is 0 Å². The summed E-state index contributed by atoms with van der Waals surface area (Å²) in [6.07, 6.45) is 16.9. The van der Waals surface area contributed by atoms with Gasteiger partial charge in [-0.05, 0) is 31.1 Å². The Kier molecular flexibility index (Phi) is 10.6. The lowest BCUT2D eigenvalue weighted by atomic mass is 9.95. The third kappa shape index (κ3) is 10.0. The lowest BCUT2D eigenvalue weighted by Crippen LogP contribution is -2.01. The number of allylic oxidation sites excluding steroid dienone is 4. The highest BCUT2D eigenvalue weighted by atomic mass is 14.1. The summed E-state index contributed by atoms with van der Waals surface area (Å²) < 4.78 is 0. The summed E-state index contributed by atoms with van der Waals surface area (Å²) in [7, 11) is 0. The first-order valence-corrected chi connectivity index (χ1v) is 7.00. The smallest absolute Gasteiger partial charge is 0.0319 e. The van der Waals surface area contributed by atoms with Crippen LogP contribution in [0.5, 0.6) is 0 Å². The third-order valence-corrected chi connectivity index (χ3v) is 3.25. The van der Waals surface area contributed by atoms with Crippen molar-refractivity contribution in [2.45, 2.75) is 66.2 Å². The Hall–Kier alpha value is -0.520. The average molecular weight is 222 g/mol. The fourth-order valence-corrected chi connectivity index (χ4v) is 1.51. The molecule has 94 valence electrons. The zero-order valence-corrected chi connectivity index (χ0v) is 11.7. The third-order valence-electron chi connectivity index (χ3n) is 3.25.